The van der Waals surface area contributed by atoms with Crippen molar-refractivity contribution in [3.63, 3.8) is 0 Å². The molecule has 0 bridgehead atoms. The molecule has 2 aromatic carbocycles. The Morgan fingerprint density at radius 3 is 2.50 bits per heavy atom. The van der Waals surface area contributed by atoms with Gasteiger partial charge in [-0.25, -0.2) is 8.42 Å². The lowest BCUT2D eigenvalue weighted by molar-refractivity contribution is -0.895. The molecule has 0 aromatic heterocycles. The summed E-state index contributed by atoms with van der Waals surface area (Å²) in [4.78, 5) is 14.5. The fraction of sp³-hybridized carbons (Fsp3) is 0.350. The van der Waals surface area contributed by atoms with Gasteiger partial charge in [-0.05, 0) is 30.0 Å². The van der Waals surface area contributed by atoms with Crippen LogP contribution in [0.1, 0.15) is 5.56 Å². The first-order valence-electron chi connectivity index (χ1n) is 9.25. The minimum Gasteiger partial charge on any atom is -0.325 e. The highest BCUT2D eigenvalue weighted by molar-refractivity contribution is 7.98. The Labute approximate surface area is 171 Å². The van der Waals surface area contributed by atoms with E-state index >= 15 is 0 Å². The first kappa shape index (κ1) is 20.9. The SMILES string of the molecule is CSc1cccc(NC(=O)C[NH+]2CCN(S(=O)(=O)Cc3ccccc3)CC2)c1. The molecule has 1 aliphatic rings. The summed E-state index contributed by atoms with van der Waals surface area (Å²) in [6.07, 6.45) is 2.00. The molecule has 3 rings (SSSR count). The second-order valence-corrected chi connectivity index (χ2v) is 9.70. The third-order valence-electron chi connectivity index (χ3n) is 4.78. The van der Waals surface area contributed by atoms with Gasteiger partial charge in [0, 0.05) is 10.6 Å². The Balaban J connectivity index is 1.48. The predicted molar refractivity (Wildman–Crippen MR) is 113 cm³/mol. The largest absolute Gasteiger partial charge is 0.325 e. The fourth-order valence-corrected chi connectivity index (χ4v) is 5.26. The van der Waals surface area contributed by atoms with Crippen LogP contribution in [0.15, 0.2) is 59.5 Å². The van der Waals surface area contributed by atoms with Gasteiger partial charge in [0.05, 0.1) is 31.9 Å². The zero-order valence-corrected chi connectivity index (χ0v) is 17.6. The lowest BCUT2D eigenvalue weighted by Crippen LogP contribution is -3.15. The minimum atomic E-state index is -3.33. The molecule has 0 saturated carbocycles. The van der Waals surface area contributed by atoms with Gasteiger partial charge in [-0.2, -0.15) is 4.31 Å². The molecule has 0 unspecified atom stereocenters. The van der Waals surface area contributed by atoms with Crippen molar-refractivity contribution in [3.05, 3.63) is 60.2 Å². The zero-order valence-electron chi connectivity index (χ0n) is 15.9. The highest BCUT2D eigenvalue weighted by atomic mass is 32.2. The van der Waals surface area contributed by atoms with Crippen molar-refractivity contribution in [2.45, 2.75) is 10.6 Å². The van der Waals surface area contributed by atoms with Crippen LogP contribution in [0.5, 0.6) is 0 Å². The zero-order chi connectivity index (χ0) is 20.0. The van der Waals surface area contributed by atoms with E-state index in [0.29, 0.717) is 32.7 Å². The number of amides is 1. The number of nitrogens with one attached hydrogen (secondary N) is 2. The van der Waals surface area contributed by atoms with Gasteiger partial charge in [0.15, 0.2) is 6.54 Å². The average Bonchev–Trinajstić information content (AvgIpc) is 2.69. The Morgan fingerprint density at radius 1 is 1.11 bits per heavy atom. The maximum absolute atomic E-state index is 12.6. The Morgan fingerprint density at radius 2 is 1.82 bits per heavy atom. The summed E-state index contributed by atoms with van der Waals surface area (Å²) >= 11 is 1.63. The Kier molecular flexibility index (Phi) is 7.12. The van der Waals surface area contributed by atoms with Crippen LogP contribution in [0.2, 0.25) is 0 Å². The van der Waals surface area contributed by atoms with E-state index in [1.807, 2.05) is 60.9 Å². The predicted octanol–water partition coefficient (Wildman–Crippen LogP) is 1.08. The monoisotopic (exact) mass is 420 g/mol. The minimum absolute atomic E-state index is 0.0233. The number of hydrogen-bond donors (Lipinski definition) is 2. The lowest BCUT2D eigenvalue weighted by atomic mass is 10.2. The van der Waals surface area contributed by atoms with Gasteiger partial charge in [-0.15, -0.1) is 11.8 Å². The number of benzene rings is 2. The molecule has 1 heterocycles. The van der Waals surface area contributed by atoms with Gasteiger partial charge in [-0.1, -0.05) is 36.4 Å². The molecule has 1 aliphatic heterocycles. The van der Waals surface area contributed by atoms with Gasteiger partial charge in [0.2, 0.25) is 10.0 Å². The highest BCUT2D eigenvalue weighted by Crippen LogP contribution is 2.18. The van der Waals surface area contributed by atoms with Crippen LogP contribution in [0.25, 0.3) is 0 Å². The van der Waals surface area contributed by atoms with Crippen LogP contribution in [0.3, 0.4) is 0 Å². The summed E-state index contributed by atoms with van der Waals surface area (Å²) in [5.41, 5.74) is 1.59. The summed E-state index contributed by atoms with van der Waals surface area (Å²) in [6.45, 7) is 2.49. The van der Waals surface area contributed by atoms with E-state index in [0.717, 1.165) is 21.0 Å². The summed E-state index contributed by atoms with van der Waals surface area (Å²) in [5, 5.41) is 2.93. The summed E-state index contributed by atoms with van der Waals surface area (Å²) in [7, 11) is -3.33. The number of thioether (sulfide) groups is 1. The van der Waals surface area contributed by atoms with E-state index in [2.05, 4.69) is 5.32 Å². The van der Waals surface area contributed by atoms with Crippen LogP contribution >= 0.6 is 11.8 Å². The van der Waals surface area contributed by atoms with Gasteiger partial charge in [0.25, 0.3) is 5.91 Å². The van der Waals surface area contributed by atoms with Crippen molar-refractivity contribution >= 4 is 33.4 Å². The number of hydrogen-bond acceptors (Lipinski definition) is 4. The molecule has 0 radical (unpaired) electrons. The summed E-state index contributed by atoms with van der Waals surface area (Å²) < 4.78 is 26.8. The Hall–Kier alpha value is -1.87. The first-order chi connectivity index (χ1) is 13.5. The number of nitrogens with zero attached hydrogens (tertiary/aromatic N) is 1. The van der Waals surface area contributed by atoms with Crippen molar-refractivity contribution in [2.24, 2.45) is 0 Å². The molecular weight excluding hydrogens is 394 g/mol. The number of quaternary nitrogens is 1. The van der Waals surface area contributed by atoms with E-state index in [-0.39, 0.29) is 11.7 Å². The average molecular weight is 421 g/mol. The molecule has 28 heavy (non-hydrogen) atoms. The molecule has 0 atom stereocenters. The van der Waals surface area contributed by atoms with Gasteiger partial charge >= 0.3 is 0 Å². The smallest absolute Gasteiger partial charge is 0.279 e. The quantitative estimate of drug-likeness (QED) is 0.658. The fourth-order valence-electron chi connectivity index (χ4n) is 3.27. The van der Waals surface area contributed by atoms with Crippen LogP contribution in [0, 0.1) is 0 Å². The van der Waals surface area contributed by atoms with Crippen molar-refractivity contribution in [3.8, 4) is 0 Å². The second-order valence-electron chi connectivity index (χ2n) is 6.85. The number of carbonyl (C=O) groups excluding carboxylic acids is 1. The number of anilines is 1. The van der Waals surface area contributed by atoms with Gasteiger partial charge < -0.3 is 10.2 Å². The van der Waals surface area contributed by atoms with Gasteiger partial charge in [0.1, 0.15) is 0 Å². The molecule has 150 valence electrons. The molecular formula is C20H26N3O3S2+. The van der Waals surface area contributed by atoms with Crippen LogP contribution < -0.4 is 10.2 Å². The van der Waals surface area contributed by atoms with E-state index in [4.69, 9.17) is 0 Å². The van der Waals surface area contributed by atoms with Crippen molar-refractivity contribution < 1.29 is 18.1 Å². The standard InChI is InChI=1S/C20H25N3O3S2/c1-27-19-9-5-8-18(14-19)21-20(24)15-22-10-12-23(13-11-22)28(25,26)16-17-6-3-2-4-7-17/h2-9,14H,10-13,15-16H2,1H3,(H,21,24)/p+1. The second kappa shape index (κ2) is 9.56. The number of sulfonamides is 1. The summed E-state index contributed by atoms with van der Waals surface area (Å²) in [6, 6.07) is 17.0. The van der Waals surface area contributed by atoms with Gasteiger partial charge in [-0.3, -0.25) is 4.79 Å². The molecule has 1 amide bonds. The molecule has 0 aliphatic carbocycles. The molecule has 0 spiro atoms. The van der Waals surface area contributed by atoms with E-state index in [1.54, 1.807) is 16.1 Å². The molecule has 8 heteroatoms. The molecule has 1 saturated heterocycles. The van der Waals surface area contributed by atoms with Crippen LogP contribution in [0.4, 0.5) is 5.69 Å². The molecule has 1 fully saturated rings. The maximum atomic E-state index is 12.6. The summed E-state index contributed by atoms with van der Waals surface area (Å²) in [5.74, 6) is -0.0241. The van der Waals surface area contributed by atoms with Crippen molar-refractivity contribution in [1.29, 1.82) is 0 Å². The molecule has 2 aromatic rings. The van der Waals surface area contributed by atoms with Crippen molar-refractivity contribution in [2.75, 3.05) is 44.3 Å². The first-order valence-corrected chi connectivity index (χ1v) is 12.1. The van der Waals surface area contributed by atoms with E-state index in [9.17, 15) is 13.2 Å². The van der Waals surface area contributed by atoms with Crippen LogP contribution in [-0.4, -0.2) is 57.6 Å². The van der Waals surface area contributed by atoms with Crippen LogP contribution in [-0.2, 0) is 20.6 Å². The lowest BCUT2D eigenvalue weighted by Gasteiger charge is -2.31. The van der Waals surface area contributed by atoms with Crippen molar-refractivity contribution in [1.82, 2.24) is 4.31 Å². The normalized spacial score (nSPS) is 16.0. The number of piperazine rings is 1. The van der Waals surface area contributed by atoms with E-state index < -0.39 is 10.0 Å². The topological polar surface area (TPSA) is 70.9 Å². The molecule has 2 N–H and O–H groups in total. The maximum Gasteiger partial charge on any atom is 0.279 e. The van der Waals surface area contributed by atoms with E-state index in [1.165, 1.54) is 0 Å². The highest BCUT2D eigenvalue weighted by Gasteiger charge is 2.30. The third kappa shape index (κ3) is 5.81. The third-order valence-corrected chi connectivity index (χ3v) is 7.35. The number of carbonyl (C=O) groups is 1. The molecule has 6 nitrogen and oxygen atoms in total. The Bertz CT molecular complexity index is 896. The number of rotatable bonds is 7.